The molecule has 2 amide bonds. The van der Waals surface area contributed by atoms with Crippen molar-refractivity contribution >= 4 is 40.2 Å². The van der Waals surface area contributed by atoms with Crippen LogP contribution in [0.3, 0.4) is 0 Å². The van der Waals surface area contributed by atoms with E-state index in [1.54, 1.807) is 20.8 Å². The highest BCUT2D eigenvalue weighted by Crippen LogP contribution is 2.49. The van der Waals surface area contributed by atoms with Crippen molar-refractivity contribution in [2.75, 3.05) is 11.1 Å². The van der Waals surface area contributed by atoms with Crippen molar-refractivity contribution in [1.29, 1.82) is 0 Å². The first kappa shape index (κ1) is 27.3. The van der Waals surface area contributed by atoms with Crippen LogP contribution in [0.2, 0.25) is 0 Å². The van der Waals surface area contributed by atoms with Crippen LogP contribution in [0, 0.1) is 0 Å². The number of hydrogen-bond donors (Lipinski definition) is 1. The molecule has 0 radical (unpaired) electrons. The Balaban J connectivity index is 1.84. The number of carboxylic acid groups (broad SMARTS) is 1. The second-order valence-corrected chi connectivity index (χ2v) is 11.7. The molecule has 9 heteroatoms. The average Bonchev–Trinajstić information content (AvgIpc) is 3.42. The van der Waals surface area contributed by atoms with Gasteiger partial charge in [-0.25, -0.2) is 0 Å². The van der Waals surface area contributed by atoms with Gasteiger partial charge in [0.05, 0.1) is 4.75 Å². The van der Waals surface area contributed by atoms with Gasteiger partial charge >= 0.3 is 0 Å². The number of amides is 2. The van der Waals surface area contributed by atoms with Crippen molar-refractivity contribution < 1.29 is 14.7 Å². The Kier molecular flexibility index (Phi) is 8.48. The summed E-state index contributed by atoms with van der Waals surface area (Å²) in [7, 11) is 0. The van der Waals surface area contributed by atoms with E-state index in [1.165, 1.54) is 28.6 Å². The molecule has 0 spiro atoms. The van der Waals surface area contributed by atoms with Crippen LogP contribution in [0.1, 0.15) is 37.5 Å². The number of nitrogens with zero attached hydrogens (tertiary/aromatic N) is 3. The molecule has 0 fully saturated rings. The predicted molar refractivity (Wildman–Crippen MR) is 151 cm³/mol. The lowest BCUT2D eigenvalue weighted by atomic mass is 9.84. The third kappa shape index (κ3) is 5.89. The maximum atomic E-state index is 13.6. The van der Waals surface area contributed by atoms with E-state index in [9.17, 15) is 14.7 Å². The molecule has 196 valence electrons. The smallest absolute Gasteiger partial charge is 0.249 e. The summed E-state index contributed by atoms with van der Waals surface area (Å²) >= 11 is 2.68. The molecule has 1 unspecified atom stereocenters. The molecule has 1 N–H and O–H groups in total. The van der Waals surface area contributed by atoms with Gasteiger partial charge in [-0.05, 0) is 37.5 Å². The fourth-order valence-corrected chi connectivity index (χ4v) is 6.59. The van der Waals surface area contributed by atoms with Gasteiger partial charge in [-0.15, -0.1) is 22.0 Å². The number of aromatic nitrogens is 2. The largest absolute Gasteiger partial charge is 0.530 e. The van der Waals surface area contributed by atoms with E-state index in [1.807, 2.05) is 54.6 Å². The Hall–Kier alpha value is -3.69. The van der Waals surface area contributed by atoms with Crippen molar-refractivity contribution in [1.82, 2.24) is 15.1 Å². The van der Waals surface area contributed by atoms with E-state index < -0.39 is 28.3 Å². The zero-order valence-electron chi connectivity index (χ0n) is 21.4. The maximum Gasteiger partial charge on any atom is 0.249 e. The van der Waals surface area contributed by atoms with E-state index in [4.69, 9.17) is 0 Å². The number of nitrogens with one attached hydrogen (secondary N) is 1. The first-order valence-corrected chi connectivity index (χ1v) is 14.0. The molecule has 4 rings (SSSR count). The monoisotopic (exact) mass is 545 g/mol. The van der Waals surface area contributed by atoms with E-state index in [-0.39, 0.29) is 5.75 Å². The molecule has 1 aromatic heterocycles. The molecule has 1 heterocycles. The fraction of sp³-hybridized carbons (Fsp3) is 0.241. The summed E-state index contributed by atoms with van der Waals surface area (Å²) in [5, 5.41) is 23.2. The second-order valence-electron chi connectivity index (χ2n) is 9.65. The number of hydrogen-bond acceptors (Lipinski definition) is 7. The quantitative estimate of drug-likeness (QED) is 0.297. The van der Waals surface area contributed by atoms with Gasteiger partial charge in [-0.3, -0.25) is 10.1 Å². The maximum absolute atomic E-state index is 13.6. The summed E-state index contributed by atoms with van der Waals surface area (Å²) in [5.41, 5.74) is 3.66. The van der Waals surface area contributed by atoms with Crippen molar-refractivity contribution in [3.63, 3.8) is 0 Å². The van der Waals surface area contributed by atoms with Crippen molar-refractivity contribution in [3.05, 3.63) is 113 Å². The number of rotatable bonds is 9. The van der Waals surface area contributed by atoms with Crippen LogP contribution >= 0.6 is 23.1 Å². The van der Waals surface area contributed by atoms with Gasteiger partial charge in [0.2, 0.25) is 11.0 Å². The molecule has 4 aromatic rings. The minimum absolute atomic E-state index is 0.147. The van der Waals surface area contributed by atoms with Gasteiger partial charge in [-0.2, -0.15) is 0 Å². The minimum Gasteiger partial charge on any atom is -0.530 e. The number of benzene rings is 3. The van der Waals surface area contributed by atoms with Crippen LogP contribution in [-0.4, -0.2) is 44.4 Å². The third-order valence-corrected chi connectivity index (χ3v) is 8.35. The highest BCUT2D eigenvalue weighted by atomic mass is 32.2. The van der Waals surface area contributed by atoms with Crippen LogP contribution < -0.4 is 10.4 Å². The topological polar surface area (TPSA) is 98.2 Å². The van der Waals surface area contributed by atoms with Crippen molar-refractivity contribution in [2.24, 2.45) is 0 Å². The highest BCUT2D eigenvalue weighted by Gasteiger charge is 2.41. The average molecular weight is 546 g/mol. The predicted octanol–water partition coefficient (Wildman–Crippen LogP) is 5.01. The fourth-order valence-electron chi connectivity index (χ4n) is 4.52. The first-order valence-electron chi connectivity index (χ1n) is 12.1. The first-order chi connectivity index (χ1) is 18.2. The molecule has 38 heavy (non-hydrogen) atoms. The van der Waals surface area contributed by atoms with Crippen LogP contribution in [0.25, 0.3) is 0 Å². The van der Waals surface area contributed by atoms with Crippen LogP contribution in [0.15, 0.2) is 96.5 Å². The molecule has 0 aliphatic heterocycles. The van der Waals surface area contributed by atoms with E-state index in [0.29, 0.717) is 5.13 Å². The Labute approximate surface area is 230 Å². The van der Waals surface area contributed by atoms with Gasteiger partial charge in [0.25, 0.3) is 0 Å². The molecule has 0 saturated heterocycles. The minimum atomic E-state index is -1.42. The molecule has 0 aliphatic carbocycles. The Morgan fingerprint density at radius 1 is 0.895 bits per heavy atom. The zero-order valence-corrected chi connectivity index (χ0v) is 23.0. The molecule has 0 aliphatic rings. The lowest BCUT2D eigenvalue weighted by Gasteiger charge is -2.44. The van der Waals surface area contributed by atoms with Crippen molar-refractivity contribution in [2.45, 2.75) is 37.1 Å². The standard InChI is InChI=1S/C29H30N4O3S2/c1-28(2,3)33(27(35)36)24(25(34)31-26-32-30-20-37-26)19-38-29(21-13-7-4-8-14-21,22-15-9-5-10-16-22)23-17-11-6-12-18-23/h4-18,20,24H,19H2,1-3H3,(H,35,36)(H,31,32,34)/p-1. The van der Waals surface area contributed by atoms with Gasteiger partial charge in [0.1, 0.15) is 17.6 Å². The van der Waals surface area contributed by atoms with Gasteiger partial charge < -0.3 is 14.8 Å². The molecule has 7 nitrogen and oxygen atoms in total. The van der Waals surface area contributed by atoms with Gasteiger partial charge in [0.15, 0.2) is 0 Å². The zero-order chi connectivity index (χ0) is 27.2. The number of thioether (sulfide) groups is 1. The van der Waals surface area contributed by atoms with Gasteiger partial charge in [0, 0.05) is 11.3 Å². The Morgan fingerprint density at radius 2 is 1.37 bits per heavy atom. The van der Waals surface area contributed by atoms with Crippen LogP contribution in [0.5, 0.6) is 0 Å². The molecular formula is C29H29N4O3S2-. The lowest BCUT2D eigenvalue weighted by molar-refractivity contribution is -0.272. The number of carbonyl (C=O) groups is 2. The Morgan fingerprint density at radius 3 is 1.74 bits per heavy atom. The number of anilines is 1. The summed E-state index contributed by atoms with van der Waals surface area (Å²) in [6, 6.07) is 29.1. The molecular weight excluding hydrogens is 516 g/mol. The summed E-state index contributed by atoms with van der Waals surface area (Å²) in [4.78, 5) is 27.2. The summed E-state index contributed by atoms with van der Waals surface area (Å²) in [6.07, 6.45) is -1.42. The van der Waals surface area contributed by atoms with Gasteiger partial charge in [-0.1, -0.05) is 102 Å². The van der Waals surface area contributed by atoms with Crippen LogP contribution in [0.4, 0.5) is 9.93 Å². The number of carbonyl (C=O) groups excluding carboxylic acids is 2. The van der Waals surface area contributed by atoms with E-state index >= 15 is 0 Å². The molecule has 0 saturated carbocycles. The SMILES string of the molecule is CC(C)(C)N(C(=O)[O-])C(CSC(c1ccccc1)(c1ccccc1)c1ccccc1)C(=O)Nc1nncs1. The molecule has 0 bridgehead atoms. The second kappa shape index (κ2) is 11.8. The Bertz CT molecular complexity index is 1230. The normalized spacial score (nSPS) is 12.5. The third-order valence-electron chi connectivity index (χ3n) is 6.12. The van der Waals surface area contributed by atoms with E-state index in [0.717, 1.165) is 21.6 Å². The summed E-state index contributed by atoms with van der Waals surface area (Å²) < 4.78 is -0.722. The van der Waals surface area contributed by atoms with Crippen molar-refractivity contribution in [3.8, 4) is 0 Å². The highest BCUT2D eigenvalue weighted by molar-refractivity contribution is 8.00. The van der Waals surface area contributed by atoms with Crippen LogP contribution in [-0.2, 0) is 9.54 Å². The summed E-state index contributed by atoms with van der Waals surface area (Å²) in [6.45, 7) is 5.24. The molecule has 1 atom stereocenters. The summed E-state index contributed by atoms with van der Waals surface area (Å²) in [5.74, 6) is -0.342. The molecule has 3 aromatic carbocycles. The lowest BCUT2D eigenvalue weighted by Crippen LogP contribution is -2.61. The van der Waals surface area contributed by atoms with E-state index in [2.05, 4.69) is 51.9 Å².